The van der Waals surface area contributed by atoms with Gasteiger partial charge >= 0.3 is 0 Å². The number of nitrogens with one attached hydrogen (secondary N) is 1. The zero-order valence-corrected chi connectivity index (χ0v) is 20.7. The van der Waals surface area contributed by atoms with Crippen LogP contribution in [-0.2, 0) is 15.3 Å². The van der Waals surface area contributed by atoms with E-state index < -0.39 is 34.5 Å². The molecule has 2 bridgehead atoms. The van der Waals surface area contributed by atoms with Crippen LogP contribution in [0, 0.1) is 56.2 Å². The molecule has 3 aromatic rings. The molecular formula is C28H19BrN4O3. The maximum atomic E-state index is 10.5. The first kappa shape index (κ1) is 23.6. The number of benzene rings is 3. The molecule has 4 unspecified atom stereocenters. The van der Waals surface area contributed by atoms with Gasteiger partial charge in [0.05, 0.1) is 24.1 Å². The topological polar surface area (TPSA) is 123 Å². The predicted molar refractivity (Wildman–Crippen MR) is 132 cm³/mol. The summed E-state index contributed by atoms with van der Waals surface area (Å²) in [5.41, 5.74) is -2.90. The van der Waals surface area contributed by atoms with E-state index in [1.165, 1.54) is 0 Å². The van der Waals surface area contributed by atoms with Crippen LogP contribution in [0.2, 0.25) is 0 Å². The van der Waals surface area contributed by atoms with E-state index in [0.29, 0.717) is 22.6 Å². The lowest BCUT2D eigenvalue weighted by molar-refractivity contribution is -0.288. The summed E-state index contributed by atoms with van der Waals surface area (Å²) in [6.07, 6.45) is -1.21. The number of fused-ring (bicyclic) bond motifs is 2. The van der Waals surface area contributed by atoms with Crippen molar-refractivity contribution in [2.75, 3.05) is 0 Å². The Morgan fingerprint density at radius 3 is 2.19 bits per heavy atom. The molecule has 1 N–H and O–H groups in total. The van der Waals surface area contributed by atoms with E-state index in [9.17, 15) is 15.8 Å². The van der Waals surface area contributed by atoms with Gasteiger partial charge in [-0.1, -0.05) is 65.3 Å². The second kappa shape index (κ2) is 8.50. The first-order chi connectivity index (χ1) is 17.4. The third-order valence-corrected chi connectivity index (χ3v) is 7.58. The summed E-state index contributed by atoms with van der Waals surface area (Å²) in [7, 11) is 0. The third kappa shape index (κ3) is 3.08. The average Bonchev–Trinajstić information content (AvgIpc) is 3.06. The van der Waals surface area contributed by atoms with Crippen LogP contribution in [0.3, 0.4) is 0 Å². The minimum atomic E-state index is -2.06. The summed E-state index contributed by atoms with van der Waals surface area (Å²) in [6.45, 7) is 1.68. The molecular weight excluding hydrogens is 520 g/mol. The standard InChI is InChI=1S/C28H19BrN4O3/c1-18-27(17-32)25(33)36-28(18,20-10-12-21(29)13-11-20)35-24(26(27,15-30)16-31)19-6-5-9-23(14-19)34-22-7-3-2-4-8-22/h2-14,18,24,33H,1H3. The molecule has 4 atom stereocenters. The monoisotopic (exact) mass is 538 g/mol. The molecule has 0 saturated carbocycles. The van der Waals surface area contributed by atoms with E-state index in [0.717, 1.165) is 4.47 Å². The highest BCUT2D eigenvalue weighted by atomic mass is 79.9. The van der Waals surface area contributed by atoms with Crippen LogP contribution in [0.5, 0.6) is 11.5 Å². The van der Waals surface area contributed by atoms with Gasteiger partial charge in [0.2, 0.25) is 17.1 Å². The van der Waals surface area contributed by atoms with Gasteiger partial charge in [-0.05, 0) is 42.0 Å². The number of hydrogen-bond donors (Lipinski definition) is 1. The van der Waals surface area contributed by atoms with Crippen molar-refractivity contribution in [1.82, 2.24) is 0 Å². The number of hydrogen-bond acceptors (Lipinski definition) is 7. The fourth-order valence-electron chi connectivity index (χ4n) is 5.22. The normalized spacial score (nSPS) is 27.7. The van der Waals surface area contributed by atoms with Gasteiger partial charge in [0, 0.05) is 10.0 Å². The van der Waals surface area contributed by atoms with E-state index >= 15 is 0 Å². The van der Waals surface area contributed by atoms with Crippen LogP contribution in [0.4, 0.5) is 0 Å². The highest BCUT2D eigenvalue weighted by Crippen LogP contribution is 2.69. The number of rotatable bonds is 4. The minimum absolute atomic E-state index is 0.456. The van der Waals surface area contributed by atoms with Gasteiger partial charge in [-0.15, -0.1) is 0 Å². The van der Waals surface area contributed by atoms with E-state index in [2.05, 4.69) is 34.1 Å². The molecule has 0 aliphatic carbocycles. The lowest BCUT2D eigenvalue weighted by Crippen LogP contribution is -2.57. The number of nitrogens with zero attached hydrogens (tertiary/aromatic N) is 3. The maximum absolute atomic E-state index is 10.5. The van der Waals surface area contributed by atoms with E-state index in [1.807, 2.05) is 30.3 Å². The number of nitriles is 3. The number of halogens is 1. The highest BCUT2D eigenvalue weighted by molar-refractivity contribution is 9.10. The fourth-order valence-corrected chi connectivity index (χ4v) is 5.48. The van der Waals surface area contributed by atoms with Crippen molar-refractivity contribution >= 4 is 21.8 Å². The third-order valence-electron chi connectivity index (χ3n) is 7.06. The van der Waals surface area contributed by atoms with Crippen LogP contribution in [0.15, 0.2) is 83.3 Å². The molecule has 36 heavy (non-hydrogen) atoms. The van der Waals surface area contributed by atoms with Crippen LogP contribution < -0.4 is 4.74 Å². The Balaban J connectivity index is 1.70. The largest absolute Gasteiger partial charge is 0.457 e. The van der Waals surface area contributed by atoms with Gasteiger partial charge in [0.25, 0.3) is 0 Å². The van der Waals surface area contributed by atoms with Crippen molar-refractivity contribution in [2.45, 2.75) is 18.8 Å². The van der Waals surface area contributed by atoms with Crippen LogP contribution in [-0.4, -0.2) is 5.90 Å². The lowest BCUT2D eigenvalue weighted by Gasteiger charge is -2.48. The molecule has 0 aromatic heterocycles. The summed E-state index contributed by atoms with van der Waals surface area (Å²) in [5.74, 6) is -1.75. The van der Waals surface area contributed by atoms with Crippen LogP contribution in [0.25, 0.3) is 0 Å². The molecule has 2 saturated heterocycles. The van der Waals surface area contributed by atoms with Gasteiger partial charge in [0.15, 0.2) is 5.41 Å². The van der Waals surface area contributed by atoms with Crippen molar-refractivity contribution in [2.24, 2.45) is 16.7 Å². The Bertz CT molecular complexity index is 1460. The van der Waals surface area contributed by atoms with Crippen molar-refractivity contribution in [3.8, 4) is 29.7 Å². The molecule has 2 aliphatic heterocycles. The Labute approximate surface area is 216 Å². The molecule has 0 amide bonds. The minimum Gasteiger partial charge on any atom is -0.457 e. The molecule has 2 fully saturated rings. The van der Waals surface area contributed by atoms with Crippen LogP contribution in [0.1, 0.15) is 24.2 Å². The zero-order chi connectivity index (χ0) is 25.6. The lowest BCUT2D eigenvalue weighted by atomic mass is 9.53. The average molecular weight is 539 g/mol. The van der Waals surface area contributed by atoms with Crippen LogP contribution >= 0.6 is 15.9 Å². The molecule has 2 aliphatic rings. The quantitative estimate of drug-likeness (QED) is 0.412. The Hall–Kier alpha value is -4.16. The van der Waals surface area contributed by atoms with Crippen molar-refractivity contribution in [3.05, 3.63) is 94.5 Å². The summed E-state index contributed by atoms with van der Waals surface area (Å²) in [5, 5.41) is 40.0. The molecule has 7 nitrogen and oxygen atoms in total. The fraction of sp³-hybridized carbons (Fsp3) is 0.214. The smallest absolute Gasteiger partial charge is 0.244 e. The van der Waals surface area contributed by atoms with Gasteiger partial charge in [-0.3, -0.25) is 5.41 Å². The van der Waals surface area contributed by atoms with Gasteiger partial charge in [-0.2, -0.15) is 15.8 Å². The predicted octanol–water partition coefficient (Wildman–Crippen LogP) is 6.35. The Morgan fingerprint density at radius 1 is 0.889 bits per heavy atom. The molecule has 0 spiro atoms. The second-order valence-corrected chi connectivity index (χ2v) is 9.68. The summed E-state index contributed by atoms with van der Waals surface area (Å²) in [6, 6.07) is 29.5. The first-order valence-electron chi connectivity index (χ1n) is 11.2. The zero-order valence-electron chi connectivity index (χ0n) is 19.1. The Morgan fingerprint density at radius 2 is 1.56 bits per heavy atom. The number of para-hydroxylation sites is 1. The van der Waals surface area contributed by atoms with E-state index in [1.54, 1.807) is 55.5 Å². The summed E-state index contributed by atoms with van der Waals surface area (Å²) in [4.78, 5) is 0. The first-order valence-corrected chi connectivity index (χ1v) is 11.9. The highest BCUT2D eigenvalue weighted by Gasteiger charge is 2.79. The molecule has 0 radical (unpaired) electrons. The molecule has 2 heterocycles. The molecule has 8 heteroatoms. The molecule has 3 aromatic carbocycles. The Kier molecular flexibility index (Phi) is 5.57. The van der Waals surface area contributed by atoms with Crippen molar-refractivity contribution in [3.63, 3.8) is 0 Å². The SMILES string of the molecule is CC1C2(c3ccc(Br)cc3)OC(=N)C1(C#N)C(C#N)(C#N)C(c1cccc(Oc3ccccc3)c1)O2. The maximum Gasteiger partial charge on any atom is 0.244 e. The summed E-state index contributed by atoms with van der Waals surface area (Å²) < 4.78 is 19.4. The van der Waals surface area contributed by atoms with Gasteiger partial charge < -0.3 is 14.2 Å². The van der Waals surface area contributed by atoms with Gasteiger partial charge in [-0.25, -0.2) is 0 Å². The molecule has 5 rings (SSSR count). The van der Waals surface area contributed by atoms with Crippen molar-refractivity contribution in [1.29, 1.82) is 21.2 Å². The van der Waals surface area contributed by atoms with E-state index in [4.69, 9.17) is 19.6 Å². The second-order valence-electron chi connectivity index (χ2n) is 8.76. The summed E-state index contributed by atoms with van der Waals surface area (Å²) >= 11 is 3.42. The van der Waals surface area contributed by atoms with Gasteiger partial charge in [0.1, 0.15) is 17.6 Å². The van der Waals surface area contributed by atoms with Crippen molar-refractivity contribution < 1.29 is 14.2 Å². The number of ether oxygens (including phenoxy) is 3. The molecule has 176 valence electrons. The van der Waals surface area contributed by atoms with E-state index in [-0.39, 0.29) is 0 Å².